The molecule has 3 aromatic carbocycles. The number of rotatable bonds is 2. The van der Waals surface area contributed by atoms with Crippen LogP contribution < -0.4 is 9.64 Å². The van der Waals surface area contributed by atoms with Gasteiger partial charge in [0.25, 0.3) is 0 Å². The Labute approximate surface area is 201 Å². The molecule has 3 heterocycles. The van der Waals surface area contributed by atoms with E-state index in [4.69, 9.17) is 11.3 Å². The maximum Gasteiger partial charge on any atom is 0.197 e. The van der Waals surface area contributed by atoms with Crippen LogP contribution in [0.25, 0.3) is 38.1 Å². The fraction of sp³-hybridized carbons (Fsp3) is 0.259. The van der Waals surface area contributed by atoms with Crippen LogP contribution in [0.1, 0.15) is 5.56 Å². The van der Waals surface area contributed by atoms with Crippen LogP contribution in [0.3, 0.4) is 0 Å². The smallest absolute Gasteiger partial charge is 0.197 e. The number of benzene rings is 3. The largest absolute Gasteiger partial charge is 0.489 e. The van der Waals surface area contributed by atoms with E-state index in [0.717, 1.165) is 48.1 Å². The van der Waals surface area contributed by atoms with E-state index in [2.05, 4.69) is 38.0 Å². The van der Waals surface area contributed by atoms with E-state index < -0.39 is 11.6 Å². The molecule has 6 nitrogen and oxygen atoms in total. The number of halogens is 2. The number of nitrogens with zero attached hydrogens (tertiary/aromatic N) is 4. The average molecular weight is 472 g/mol. The SMILES string of the molecule is [C-]#[N+]c1cc2[nH]nc(-c3ccc4c(c3)OCC3CN(C)CCN43)c2cc1-c1c(C)ccc(F)c1F. The van der Waals surface area contributed by atoms with Gasteiger partial charge in [-0.05, 0) is 49.4 Å². The number of hydrogen-bond donors (Lipinski definition) is 1. The van der Waals surface area contributed by atoms with Crippen LogP contribution >= 0.6 is 0 Å². The molecule has 4 aromatic rings. The molecule has 0 amide bonds. The molecular weight excluding hydrogens is 448 g/mol. The number of ether oxygens (including phenoxy) is 1. The zero-order valence-corrected chi connectivity index (χ0v) is 19.4. The van der Waals surface area contributed by atoms with Crippen molar-refractivity contribution in [1.82, 2.24) is 15.1 Å². The highest BCUT2D eigenvalue weighted by Crippen LogP contribution is 2.42. The van der Waals surface area contributed by atoms with Gasteiger partial charge in [0.2, 0.25) is 0 Å². The molecule has 8 heteroatoms. The second-order valence-electron chi connectivity index (χ2n) is 9.26. The number of nitrogens with one attached hydrogen (secondary N) is 1. The third-order valence-corrected chi connectivity index (χ3v) is 7.03. The van der Waals surface area contributed by atoms with Gasteiger partial charge in [0.05, 0.1) is 29.5 Å². The fourth-order valence-corrected chi connectivity index (χ4v) is 5.21. The number of aryl methyl sites for hydroxylation is 1. The summed E-state index contributed by atoms with van der Waals surface area (Å²) in [6, 6.07) is 12.4. The number of aromatic amines is 1. The number of aromatic nitrogens is 2. The standard InChI is InChI=1S/C27H23F2N5O/c1-15-4-6-20(28)26(29)25(15)18-11-19-22(12-21(18)30-2)31-32-27(19)16-5-7-23-24(10-16)35-14-17-13-33(3)8-9-34(17)23/h4-7,10-12,17H,8-9,13-14H2,1,3H3,(H,31,32). The Balaban J connectivity index is 1.47. The third kappa shape index (κ3) is 3.43. The Bertz CT molecular complexity index is 1520. The highest BCUT2D eigenvalue weighted by molar-refractivity contribution is 6.00. The minimum Gasteiger partial charge on any atom is -0.489 e. The number of likely N-dealkylation sites (N-methyl/N-ethyl adjacent to an activating group) is 1. The summed E-state index contributed by atoms with van der Waals surface area (Å²) in [5.41, 5.74) is 4.48. The number of anilines is 1. The molecule has 2 aliphatic rings. The van der Waals surface area contributed by atoms with Crippen molar-refractivity contribution >= 4 is 22.3 Å². The molecular formula is C27H23F2N5O. The molecule has 1 atom stereocenters. The normalized spacial score (nSPS) is 17.6. The first-order valence-corrected chi connectivity index (χ1v) is 11.5. The highest BCUT2D eigenvalue weighted by Gasteiger charge is 2.32. The van der Waals surface area contributed by atoms with E-state index in [1.807, 2.05) is 12.1 Å². The Morgan fingerprint density at radius 1 is 1.14 bits per heavy atom. The summed E-state index contributed by atoms with van der Waals surface area (Å²) >= 11 is 0. The van der Waals surface area contributed by atoms with Crippen LogP contribution in [0.5, 0.6) is 5.75 Å². The predicted molar refractivity (Wildman–Crippen MR) is 132 cm³/mol. The van der Waals surface area contributed by atoms with Crippen molar-refractivity contribution in [2.24, 2.45) is 0 Å². The molecule has 0 saturated carbocycles. The van der Waals surface area contributed by atoms with Gasteiger partial charge >= 0.3 is 0 Å². The van der Waals surface area contributed by atoms with Gasteiger partial charge in [-0.25, -0.2) is 13.6 Å². The summed E-state index contributed by atoms with van der Waals surface area (Å²) in [7, 11) is 2.13. The molecule has 0 bridgehead atoms. The van der Waals surface area contributed by atoms with E-state index in [0.29, 0.717) is 35.0 Å². The lowest BCUT2D eigenvalue weighted by molar-refractivity contribution is 0.188. The molecule has 0 aliphatic carbocycles. The molecule has 6 rings (SSSR count). The molecule has 176 valence electrons. The van der Waals surface area contributed by atoms with Crippen LogP contribution in [0, 0.1) is 25.1 Å². The molecule has 1 fully saturated rings. The van der Waals surface area contributed by atoms with Crippen LogP contribution in [0.2, 0.25) is 0 Å². The lowest BCUT2D eigenvalue weighted by Crippen LogP contribution is -2.56. The van der Waals surface area contributed by atoms with Crippen LogP contribution in [-0.2, 0) is 0 Å². The van der Waals surface area contributed by atoms with Gasteiger partial charge in [-0.3, -0.25) is 5.10 Å². The lowest BCUT2D eigenvalue weighted by Gasteiger charge is -2.44. The topological polar surface area (TPSA) is 48.8 Å². The van der Waals surface area contributed by atoms with E-state index >= 15 is 0 Å². The van der Waals surface area contributed by atoms with E-state index in [1.54, 1.807) is 19.1 Å². The summed E-state index contributed by atoms with van der Waals surface area (Å²) < 4.78 is 35.1. The zero-order valence-electron chi connectivity index (χ0n) is 19.4. The summed E-state index contributed by atoms with van der Waals surface area (Å²) in [4.78, 5) is 8.30. The molecule has 1 saturated heterocycles. The van der Waals surface area contributed by atoms with Crippen molar-refractivity contribution in [1.29, 1.82) is 0 Å². The Hall–Kier alpha value is -3.96. The van der Waals surface area contributed by atoms with Gasteiger partial charge in [-0.1, -0.05) is 18.2 Å². The lowest BCUT2D eigenvalue weighted by atomic mass is 9.95. The second kappa shape index (κ2) is 8.07. The molecule has 0 radical (unpaired) electrons. The van der Waals surface area contributed by atoms with Crippen LogP contribution in [0.4, 0.5) is 20.2 Å². The average Bonchev–Trinajstić information content (AvgIpc) is 3.28. The van der Waals surface area contributed by atoms with Gasteiger partial charge in [0, 0.05) is 36.1 Å². The van der Waals surface area contributed by atoms with E-state index in [-0.39, 0.29) is 11.3 Å². The number of H-pyrrole nitrogens is 1. The van der Waals surface area contributed by atoms with Crippen molar-refractivity contribution in [3.8, 4) is 28.1 Å². The molecule has 2 aliphatic heterocycles. The van der Waals surface area contributed by atoms with Crippen molar-refractivity contribution < 1.29 is 13.5 Å². The van der Waals surface area contributed by atoms with E-state index in [9.17, 15) is 8.78 Å². The molecule has 1 aromatic heterocycles. The zero-order chi connectivity index (χ0) is 24.3. The third-order valence-electron chi connectivity index (χ3n) is 7.03. The van der Waals surface area contributed by atoms with Gasteiger partial charge < -0.3 is 14.5 Å². The number of piperazine rings is 1. The second-order valence-corrected chi connectivity index (χ2v) is 9.26. The Morgan fingerprint density at radius 2 is 2.00 bits per heavy atom. The van der Waals surface area contributed by atoms with Crippen LogP contribution in [-0.4, -0.2) is 54.4 Å². The van der Waals surface area contributed by atoms with Gasteiger partial charge in [-0.2, -0.15) is 5.10 Å². The first-order chi connectivity index (χ1) is 16.9. The van der Waals surface area contributed by atoms with Crippen LogP contribution in [0.15, 0.2) is 42.5 Å². The first kappa shape index (κ1) is 21.6. The van der Waals surface area contributed by atoms with Crippen molar-refractivity contribution in [2.45, 2.75) is 13.0 Å². The number of fused-ring (bicyclic) bond motifs is 4. The molecule has 0 spiro atoms. The van der Waals surface area contributed by atoms with Gasteiger partial charge in [0.15, 0.2) is 17.3 Å². The summed E-state index contributed by atoms with van der Waals surface area (Å²) in [6.07, 6.45) is 0. The van der Waals surface area contributed by atoms with Gasteiger partial charge in [-0.15, -0.1) is 0 Å². The van der Waals surface area contributed by atoms with Crippen molar-refractivity contribution in [3.63, 3.8) is 0 Å². The summed E-state index contributed by atoms with van der Waals surface area (Å²) in [6.45, 7) is 12.9. The van der Waals surface area contributed by atoms with Crippen molar-refractivity contribution in [2.75, 3.05) is 38.2 Å². The maximum atomic E-state index is 14.8. The number of hydrogen-bond acceptors (Lipinski definition) is 4. The van der Waals surface area contributed by atoms with Crippen molar-refractivity contribution in [3.05, 3.63) is 71.1 Å². The monoisotopic (exact) mass is 471 g/mol. The Morgan fingerprint density at radius 3 is 2.83 bits per heavy atom. The molecule has 1 unspecified atom stereocenters. The predicted octanol–water partition coefficient (Wildman–Crippen LogP) is 5.55. The minimum absolute atomic E-state index is 0.0972. The Kier molecular flexibility index (Phi) is 4.97. The van der Waals surface area contributed by atoms with E-state index in [1.165, 1.54) is 6.07 Å². The molecule has 1 N–H and O–H groups in total. The summed E-state index contributed by atoms with van der Waals surface area (Å²) in [5.74, 6) is -1.09. The molecule has 35 heavy (non-hydrogen) atoms. The fourth-order valence-electron chi connectivity index (χ4n) is 5.21. The maximum absolute atomic E-state index is 14.8. The highest BCUT2D eigenvalue weighted by atomic mass is 19.2. The first-order valence-electron chi connectivity index (χ1n) is 11.5. The summed E-state index contributed by atoms with van der Waals surface area (Å²) in [5, 5.41) is 8.23. The minimum atomic E-state index is -0.955. The van der Waals surface area contributed by atoms with Gasteiger partial charge in [0.1, 0.15) is 12.4 Å². The quantitative estimate of drug-likeness (QED) is 0.390.